The van der Waals surface area contributed by atoms with Crippen LogP contribution in [0, 0.1) is 0 Å². The summed E-state index contributed by atoms with van der Waals surface area (Å²) in [6.45, 7) is 4.64. The van der Waals surface area contributed by atoms with Crippen molar-refractivity contribution in [3.8, 4) is 0 Å². The molecule has 0 spiro atoms. The van der Waals surface area contributed by atoms with Crippen LogP contribution in [0.15, 0.2) is 78.9 Å². The molecule has 0 aromatic heterocycles. The van der Waals surface area contributed by atoms with Crippen LogP contribution in [0.2, 0.25) is 5.02 Å². The minimum absolute atomic E-state index is 0.0413. The van der Waals surface area contributed by atoms with E-state index in [1.54, 1.807) is 4.90 Å². The number of nitrogens with zero attached hydrogens (tertiary/aromatic N) is 1. The number of hydrogen-bond acceptors (Lipinski definition) is 2. The molecule has 1 fully saturated rings. The summed E-state index contributed by atoms with van der Waals surface area (Å²) in [5, 5.41) is 3.86. The molecule has 1 saturated carbocycles. The van der Waals surface area contributed by atoms with Gasteiger partial charge in [0.25, 0.3) is 0 Å². The fraction of sp³-hybridized carbons (Fsp3) is 0.394. The number of nitrogens with one attached hydrogen (secondary N) is 1. The van der Waals surface area contributed by atoms with E-state index in [9.17, 15) is 9.59 Å². The van der Waals surface area contributed by atoms with E-state index in [0.717, 1.165) is 42.4 Å². The maximum atomic E-state index is 13.9. The van der Waals surface area contributed by atoms with Crippen LogP contribution in [0.1, 0.15) is 74.1 Å². The van der Waals surface area contributed by atoms with Gasteiger partial charge in [0.05, 0.1) is 0 Å². The standard InChI is InChI=1S/C33H39ClN2O2/c1-24(2)27-19-16-25(17-20-27)18-21-32(37)36(23-28-12-6-9-15-30(28)34)31(22-26-10-4-3-5-11-26)33(38)35-29-13-7-8-14-29/h3-6,9-12,15-17,19-20,24,29,31H,7-8,13-14,18,21-23H2,1-2H3,(H,35,38)/t31-/m0/s1. The highest BCUT2D eigenvalue weighted by Crippen LogP contribution is 2.23. The smallest absolute Gasteiger partial charge is 0.243 e. The van der Waals surface area contributed by atoms with Crippen molar-refractivity contribution >= 4 is 23.4 Å². The van der Waals surface area contributed by atoms with Gasteiger partial charge in [-0.15, -0.1) is 0 Å². The molecule has 0 aliphatic heterocycles. The molecule has 1 atom stereocenters. The van der Waals surface area contributed by atoms with E-state index >= 15 is 0 Å². The van der Waals surface area contributed by atoms with Gasteiger partial charge < -0.3 is 10.2 Å². The molecule has 38 heavy (non-hydrogen) atoms. The fourth-order valence-corrected chi connectivity index (χ4v) is 5.39. The van der Waals surface area contributed by atoms with Crippen LogP contribution in [0.3, 0.4) is 0 Å². The van der Waals surface area contributed by atoms with Crippen LogP contribution in [0.4, 0.5) is 0 Å². The van der Waals surface area contributed by atoms with Crippen LogP contribution in [0.5, 0.6) is 0 Å². The van der Waals surface area contributed by atoms with Gasteiger partial charge in [-0.25, -0.2) is 0 Å². The number of aryl methyl sites for hydroxylation is 1. The van der Waals surface area contributed by atoms with Crippen LogP contribution in [-0.4, -0.2) is 28.8 Å². The molecular formula is C33H39ClN2O2. The summed E-state index contributed by atoms with van der Waals surface area (Å²) in [4.78, 5) is 29.4. The van der Waals surface area contributed by atoms with Crippen LogP contribution < -0.4 is 5.32 Å². The van der Waals surface area contributed by atoms with Gasteiger partial charge in [-0.3, -0.25) is 9.59 Å². The van der Waals surface area contributed by atoms with Crippen molar-refractivity contribution in [2.45, 2.75) is 83.3 Å². The molecule has 1 aliphatic rings. The third-order valence-electron chi connectivity index (χ3n) is 7.55. The Balaban J connectivity index is 1.59. The number of halogens is 1. The van der Waals surface area contributed by atoms with Gasteiger partial charge in [0.15, 0.2) is 0 Å². The second-order valence-electron chi connectivity index (χ2n) is 10.7. The monoisotopic (exact) mass is 530 g/mol. The van der Waals surface area contributed by atoms with Crippen LogP contribution in [0.25, 0.3) is 0 Å². The van der Waals surface area contributed by atoms with Crippen molar-refractivity contribution < 1.29 is 9.59 Å². The fourth-order valence-electron chi connectivity index (χ4n) is 5.20. The van der Waals surface area contributed by atoms with Gasteiger partial charge in [0.1, 0.15) is 6.04 Å². The highest BCUT2D eigenvalue weighted by atomic mass is 35.5. The third-order valence-corrected chi connectivity index (χ3v) is 7.91. The minimum Gasteiger partial charge on any atom is -0.352 e. The predicted molar refractivity (Wildman–Crippen MR) is 155 cm³/mol. The SMILES string of the molecule is CC(C)c1ccc(CCC(=O)N(Cc2ccccc2Cl)[C@@H](Cc2ccccc2)C(=O)NC2CCCC2)cc1. The van der Waals surface area contributed by atoms with Crippen molar-refractivity contribution in [3.63, 3.8) is 0 Å². The van der Waals surface area contributed by atoms with Crippen molar-refractivity contribution in [1.82, 2.24) is 10.2 Å². The lowest BCUT2D eigenvalue weighted by molar-refractivity contribution is -0.141. The number of benzene rings is 3. The first-order chi connectivity index (χ1) is 18.4. The summed E-state index contributed by atoms with van der Waals surface area (Å²) in [5.41, 5.74) is 4.28. The summed E-state index contributed by atoms with van der Waals surface area (Å²) in [6.07, 6.45) is 5.66. The molecule has 3 aromatic rings. The van der Waals surface area contributed by atoms with Gasteiger partial charge in [-0.1, -0.05) is 111 Å². The third kappa shape index (κ3) is 7.70. The zero-order valence-electron chi connectivity index (χ0n) is 22.5. The Hall–Kier alpha value is -3.11. The first-order valence-corrected chi connectivity index (χ1v) is 14.2. The number of rotatable bonds is 11. The quantitative estimate of drug-likeness (QED) is 0.287. The summed E-state index contributed by atoms with van der Waals surface area (Å²) in [5.74, 6) is 0.344. The molecule has 200 valence electrons. The minimum atomic E-state index is -0.620. The average Bonchev–Trinajstić information content (AvgIpc) is 3.44. The Kier molecular flexibility index (Phi) is 10.0. The molecule has 2 amide bonds. The number of carbonyl (C=O) groups is 2. The highest BCUT2D eigenvalue weighted by molar-refractivity contribution is 6.31. The molecule has 3 aromatic carbocycles. The molecule has 0 unspecified atom stereocenters. The predicted octanol–water partition coefficient (Wildman–Crippen LogP) is 7.09. The van der Waals surface area contributed by atoms with Crippen molar-refractivity contribution in [3.05, 3.63) is 106 Å². The maximum absolute atomic E-state index is 13.9. The highest BCUT2D eigenvalue weighted by Gasteiger charge is 2.32. The van der Waals surface area contributed by atoms with E-state index in [-0.39, 0.29) is 17.9 Å². The zero-order valence-corrected chi connectivity index (χ0v) is 23.3. The average molecular weight is 531 g/mol. The van der Waals surface area contributed by atoms with E-state index < -0.39 is 6.04 Å². The second-order valence-corrected chi connectivity index (χ2v) is 11.1. The summed E-state index contributed by atoms with van der Waals surface area (Å²) in [7, 11) is 0. The summed E-state index contributed by atoms with van der Waals surface area (Å²) < 4.78 is 0. The Morgan fingerprint density at radius 2 is 1.55 bits per heavy atom. The second kappa shape index (κ2) is 13.6. The normalized spacial score (nSPS) is 14.4. The van der Waals surface area contributed by atoms with Crippen molar-refractivity contribution in [2.75, 3.05) is 0 Å². The Bertz CT molecular complexity index is 1190. The lowest BCUT2D eigenvalue weighted by atomic mass is 9.99. The maximum Gasteiger partial charge on any atom is 0.243 e. The molecule has 4 rings (SSSR count). The molecule has 4 nitrogen and oxygen atoms in total. The lowest BCUT2D eigenvalue weighted by Crippen LogP contribution is -2.52. The molecular weight excluding hydrogens is 492 g/mol. The van der Waals surface area contributed by atoms with E-state index in [2.05, 4.69) is 43.4 Å². The molecule has 0 heterocycles. The van der Waals surface area contributed by atoms with Gasteiger partial charge in [0, 0.05) is 30.5 Å². The Morgan fingerprint density at radius 1 is 0.895 bits per heavy atom. The largest absolute Gasteiger partial charge is 0.352 e. The van der Waals surface area contributed by atoms with E-state index in [0.29, 0.717) is 36.7 Å². The molecule has 0 saturated heterocycles. The van der Waals surface area contributed by atoms with Crippen molar-refractivity contribution in [1.29, 1.82) is 0 Å². The first kappa shape index (κ1) is 27.9. The number of amides is 2. The Morgan fingerprint density at radius 3 is 2.21 bits per heavy atom. The molecule has 1 N–H and O–H groups in total. The summed E-state index contributed by atoms with van der Waals surface area (Å²) >= 11 is 6.53. The van der Waals surface area contributed by atoms with Crippen LogP contribution in [-0.2, 0) is 29.0 Å². The topological polar surface area (TPSA) is 49.4 Å². The molecule has 0 radical (unpaired) electrons. The number of carbonyl (C=O) groups excluding carboxylic acids is 2. The number of hydrogen-bond donors (Lipinski definition) is 1. The lowest BCUT2D eigenvalue weighted by Gasteiger charge is -2.32. The van der Waals surface area contributed by atoms with E-state index in [1.165, 1.54) is 5.56 Å². The van der Waals surface area contributed by atoms with Gasteiger partial charge in [0.2, 0.25) is 11.8 Å². The van der Waals surface area contributed by atoms with Crippen LogP contribution >= 0.6 is 11.6 Å². The van der Waals surface area contributed by atoms with E-state index in [1.807, 2.05) is 54.6 Å². The van der Waals surface area contributed by atoms with Gasteiger partial charge >= 0.3 is 0 Å². The zero-order chi connectivity index (χ0) is 26.9. The molecule has 0 bridgehead atoms. The van der Waals surface area contributed by atoms with Gasteiger partial charge in [-0.05, 0) is 53.5 Å². The molecule has 5 heteroatoms. The first-order valence-electron chi connectivity index (χ1n) is 13.9. The Labute approximate surface area is 232 Å². The van der Waals surface area contributed by atoms with Crippen molar-refractivity contribution in [2.24, 2.45) is 0 Å². The van der Waals surface area contributed by atoms with E-state index in [4.69, 9.17) is 11.6 Å². The molecule has 1 aliphatic carbocycles. The summed E-state index contributed by atoms with van der Waals surface area (Å²) in [6, 6.07) is 25.6. The van der Waals surface area contributed by atoms with Gasteiger partial charge in [-0.2, -0.15) is 0 Å².